The molecule has 84 valence electrons. The fourth-order valence-corrected chi connectivity index (χ4v) is 1.89. The number of hydroxylamine groups is 1. The fourth-order valence-electron chi connectivity index (χ4n) is 1.89. The smallest absolute Gasteiger partial charge is 0.0219 e. The Morgan fingerprint density at radius 1 is 1.21 bits per heavy atom. The minimum atomic E-state index is 0.677. The molecule has 1 saturated heterocycles. The van der Waals surface area contributed by atoms with E-state index >= 15 is 0 Å². The van der Waals surface area contributed by atoms with Crippen LogP contribution in [0.4, 0.5) is 0 Å². The molecule has 4 heteroatoms. The topological polar surface area (TPSA) is 38.7 Å². The summed E-state index contributed by atoms with van der Waals surface area (Å²) in [4.78, 5) is 4.98. The molecule has 14 heavy (non-hydrogen) atoms. The van der Waals surface area contributed by atoms with E-state index in [1.54, 1.807) is 0 Å². The van der Waals surface area contributed by atoms with Gasteiger partial charge in [0.05, 0.1) is 0 Å². The predicted molar refractivity (Wildman–Crippen MR) is 57.6 cm³/mol. The summed E-state index contributed by atoms with van der Waals surface area (Å²) in [6.07, 6.45) is 1.03. The third kappa shape index (κ3) is 3.92. The highest BCUT2D eigenvalue weighted by Gasteiger charge is 2.17. The molecule has 0 aromatic heterocycles. The first kappa shape index (κ1) is 11.9. The predicted octanol–water partition coefficient (Wildman–Crippen LogP) is 0.381. The van der Waals surface area contributed by atoms with Gasteiger partial charge in [0.25, 0.3) is 0 Å². The number of rotatable bonds is 5. The second-order valence-corrected chi connectivity index (χ2v) is 4.23. The van der Waals surface area contributed by atoms with Crippen molar-refractivity contribution in [1.29, 1.82) is 0 Å². The average Bonchev–Trinajstić information content (AvgIpc) is 2.19. The summed E-state index contributed by atoms with van der Waals surface area (Å²) in [6.45, 7) is 11.0. The van der Waals surface area contributed by atoms with E-state index in [9.17, 15) is 0 Å². The van der Waals surface area contributed by atoms with E-state index in [1.165, 1.54) is 26.2 Å². The van der Waals surface area contributed by atoms with Crippen LogP contribution in [0.1, 0.15) is 20.3 Å². The van der Waals surface area contributed by atoms with Gasteiger partial charge in [-0.3, -0.25) is 4.90 Å². The van der Waals surface area contributed by atoms with E-state index in [-0.39, 0.29) is 0 Å². The van der Waals surface area contributed by atoms with Crippen LogP contribution in [0.3, 0.4) is 0 Å². The van der Waals surface area contributed by atoms with Crippen LogP contribution in [-0.2, 0) is 0 Å². The van der Waals surface area contributed by atoms with Crippen LogP contribution < -0.4 is 5.48 Å². The monoisotopic (exact) mass is 201 g/mol. The lowest BCUT2D eigenvalue weighted by Gasteiger charge is -2.36. The molecular weight excluding hydrogens is 178 g/mol. The first-order chi connectivity index (χ1) is 6.74. The molecule has 1 aliphatic rings. The minimum absolute atomic E-state index is 0.677. The standard InChI is InChI=1S/C10H23N3O/c1-10(2)13-8-6-12(7-9-13)5-3-4-11-14/h10-11,14H,3-9H2,1-2H3. The summed E-state index contributed by atoms with van der Waals surface area (Å²) in [6, 6.07) is 0.677. The Labute approximate surface area is 86.8 Å². The zero-order chi connectivity index (χ0) is 10.4. The van der Waals surface area contributed by atoms with Crippen molar-refractivity contribution in [3.05, 3.63) is 0 Å². The second kappa shape index (κ2) is 6.35. The van der Waals surface area contributed by atoms with Gasteiger partial charge in [0, 0.05) is 38.8 Å². The number of nitrogens with zero attached hydrogens (tertiary/aromatic N) is 2. The first-order valence-electron chi connectivity index (χ1n) is 5.57. The van der Waals surface area contributed by atoms with Crippen LogP contribution in [0.25, 0.3) is 0 Å². The fraction of sp³-hybridized carbons (Fsp3) is 1.00. The van der Waals surface area contributed by atoms with E-state index in [2.05, 4.69) is 29.1 Å². The van der Waals surface area contributed by atoms with Gasteiger partial charge < -0.3 is 10.1 Å². The zero-order valence-corrected chi connectivity index (χ0v) is 9.37. The van der Waals surface area contributed by atoms with Crippen molar-refractivity contribution in [3.63, 3.8) is 0 Å². The Morgan fingerprint density at radius 3 is 2.36 bits per heavy atom. The van der Waals surface area contributed by atoms with Crippen LogP contribution in [0.15, 0.2) is 0 Å². The van der Waals surface area contributed by atoms with Gasteiger partial charge >= 0.3 is 0 Å². The molecule has 4 nitrogen and oxygen atoms in total. The summed E-state index contributed by atoms with van der Waals surface area (Å²) in [7, 11) is 0. The van der Waals surface area contributed by atoms with Gasteiger partial charge in [0.15, 0.2) is 0 Å². The van der Waals surface area contributed by atoms with Crippen molar-refractivity contribution < 1.29 is 5.21 Å². The van der Waals surface area contributed by atoms with E-state index in [0.29, 0.717) is 12.6 Å². The second-order valence-electron chi connectivity index (χ2n) is 4.23. The number of piperazine rings is 1. The normalized spacial score (nSPS) is 20.6. The molecule has 0 unspecified atom stereocenters. The van der Waals surface area contributed by atoms with Crippen LogP contribution in [0.2, 0.25) is 0 Å². The maximum absolute atomic E-state index is 8.43. The lowest BCUT2D eigenvalue weighted by molar-refractivity contribution is 0.102. The van der Waals surface area contributed by atoms with Crippen LogP contribution in [0.5, 0.6) is 0 Å². The zero-order valence-electron chi connectivity index (χ0n) is 9.37. The molecule has 1 heterocycles. The molecule has 0 aliphatic carbocycles. The molecule has 0 bridgehead atoms. The molecule has 0 radical (unpaired) electrons. The van der Waals surface area contributed by atoms with Gasteiger partial charge in [0.1, 0.15) is 0 Å². The molecule has 0 aromatic carbocycles. The van der Waals surface area contributed by atoms with Crippen molar-refractivity contribution >= 4 is 0 Å². The van der Waals surface area contributed by atoms with Crippen LogP contribution in [0, 0.1) is 0 Å². The number of hydrogen-bond donors (Lipinski definition) is 2. The Bertz CT molecular complexity index is 144. The van der Waals surface area contributed by atoms with Gasteiger partial charge in [-0.15, -0.1) is 0 Å². The Hall–Kier alpha value is -0.160. The van der Waals surface area contributed by atoms with Crippen LogP contribution >= 0.6 is 0 Å². The summed E-state index contributed by atoms with van der Waals surface area (Å²) >= 11 is 0. The SMILES string of the molecule is CC(C)N1CCN(CCCNO)CC1. The highest BCUT2D eigenvalue weighted by atomic mass is 16.5. The first-order valence-corrected chi connectivity index (χ1v) is 5.57. The van der Waals surface area contributed by atoms with Crippen molar-refractivity contribution in [2.24, 2.45) is 0 Å². The van der Waals surface area contributed by atoms with Gasteiger partial charge in [0.2, 0.25) is 0 Å². The molecule has 2 N–H and O–H groups in total. The highest BCUT2D eigenvalue weighted by molar-refractivity contribution is 4.73. The minimum Gasteiger partial charge on any atom is -0.317 e. The summed E-state index contributed by atoms with van der Waals surface area (Å²) < 4.78 is 0. The Kier molecular flexibility index (Phi) is 5.40. The molecule has 0 spiro atoms. The lowest BCUT2D eigenvalue weighted by atomic mass is 10.2. The summed E-state index contributed by atoms with van der Waals surface area (Å²) in [5, 5.41) is 8.43. The van der Waals surface area contributed by atoms with E-state index in [0.717, 1.165) is 13.0 Å². The van der Waals surface area contributed by atoms with Crippen molar-refractivity contribution in [3.8, 4) is 0 Å². The molecule has 0 aromatic rings. The maximum Gasteiger partial charge on any atom is 0.0219 e. The molecule has 0 atom stereocenters. The highest BCUT2D eigenvalue weighted by Crippen LogP contribution is 2.05. The van der Waals surface area contributed by atoms with Gasteiger partial charge in [-0.1, -0.05) is 0 Å². The summed E-state index contributed by atoms with van der Waals surface area (Å²) in [5.74, 6) is 0. The van der Waals surface area contributed by atoms with Gasteiger partial charge in [-0.05, 0) is 26.8 Å². The quantitative estimate of drug-likeness (QED) is 0.498. The van der Waals surface area contributed by atoms with E-state index in [1.807, 2.05) is 0 Å². The van der Waals surface area contributed by atoms with Gasteiger partial charge in [-0.25, -0.2) is 5.48 Å². The third-order valence-electron chi connectivity index (χ3n) is 2.90. The van der Waals surface area contributed by atoms with Crippen molar-refractivity contribution in [2.45, 2.75) is 26.3 Å². The van der Waals surface area contributed by atoms with E-state index in [4.69, 9.17) is 5.21 Å². The molecule has 1 aliphatic heterocycles. The third-order valence-corrected chi connectivity index (χ3v) is 2.90. The average molecular weight is 201 g/mol. The molecule has 1 fully saturated rings. The summed E-state index contributed by atoms with van der Waals surface area (Å²) in [5.41, 5.74) is 2.20. The number of hydrogen-bond acceptors (Lipinski definition) is 4. The lowest BCUT2D eigenvalue weighted by Crippen LogP contribution is -2.49. The molecule has 1 rings (SSSR count). The molecule has 0 amide bonds. The molecule has 0 saturated carbocycles. The Balaban J connectivity index is 2.09. The van der Waals surface area contributed by atoms with Gasteiger partial charge in [-0.2, -0.15) is 0 Å². The number of nitrogens with one attached hydrogen (secondary N) is 1. The molecular formula is C10H23N3O. The largest absolute Gasteiger partial charge is 0.317 e. The van der Waals surface area contributed by atoms with Crippen LogP contribution in [-0.4, -0.2) is 60.3 Å². The maximum atomic E-state index is 8.43. The van der Waals surface area contributed by atoms with Crippen molar-refractivity contribution in [2.75, 3.05) is 39.3 Å². The van der Waals surface area contributed by atoms with E-state index < -0.39 is 0 Å². The Morgan fingerprint density at radius 2 is 1.86 bits per heavy atom. The van der Waals surface area contributed by atoms with Crippen molar-refractivity contribution in [1.82, 2.24) is 15.3 Å².